The molecule has 96 valence electrons. The third kappa shape index (κ3) is 1.42. The number of aromatic nitrogens is 2. The Morgan fingerprint density at radius 2 is 2.22 bits per heavy atom. The standard InChI is InChI=1S/C14H18FN3/c1-2-18-11-6-3-5-10(15)12(11)17-13(18)14(9-16)7-4-8-14/h3,5-6H,2,4,7-9,16H2,1H3. The van der Waals surface area contributed by atoms with E-state index in [-0.39, 0.29) is 11.2 Å². The van der Waals surface area contributed by atoms with Crippen molar-refractivity contribution in [3.8, 4) is 0 Å². The summed E-state index contributed by atoms with van der Waals surface area (Å²) in [6, 6.07) is 5.14. The molecule has 1 aromatic carbocycles. The fourth-order valence-electron chi connectivity index (χ4n) is 2.96. The van der Waals surface area contributed by atoms with Gasteiger partial charge in [0.25, 0.3) is 0 Å². The van der Waals surface area contributed by atoms with Crippen LogP contribution >= 0.6 is 0 Å². The number of benzene rings is 1. The highest BCUT2D eigenvalue weighted by atomic mass is 19.1. The summed E-state index contributed by atoms with van der Waals surface area (Å²) in [5.41, 5.74) is 7.27. The number of nitrogens with zero attached hydrogens (tertiary/aromatic N) is 2. The molecule has 2 aromatic rings. The minimum atomic E-state index is -0.243. The van der Waals surface area contributed by atoms with Gasteiger partial charge in [0, 0.05) is 18.5 Å². The number of imidazole rings is 1. The van der Waals surface area contributed by atoms with Crippen LogP contribution in [0.4, 0.5) is 4.39 Å². The minimum absolute atomic E-state index is 0.0263. The molecule has 1 aliphatic carbocycles. The van der Waals surface area contributed by atoms with Crippen LogP contribution in [0.5, 0.6) is 0 Å². The Kier molecular flexibility index (Phi) is 2.63. The van der Waals surface area contributed by atoms with Crippen LogP contribution in [0, 0.1) is 5.82 Å². The van der Waals surface area contributed by atoms with Gasteiger partial charge in [0.1, 0.15) is 11.3 Å². The maximum atomic E-state index is 13.8. The number of aryl methyl sites for hydroxylation is 1. The number of para-hydroxylation sites is 1. The van der Waals surface area contributed by atoms with Gasteiger partial charge in [0.05, 0.1) is 5.52 Å². The molecule has 0 atom stereocenters. The minimum Gasteiger partial charge on any atom is -0.329 e. The molecule has 0 amide bonds. The lowest BCUT2D eigenvalue weighted by Crippen LogP contribution is -2.43. The topological polar surface area (TPSA) is 43.8 Å². The van der Waals surface area contributed by atoms with Gasteiger partial charge in [-0.2, -0.15) is 0 Å². The molecule has 2 N–H and O–H groups in total. The zero-order valence-corrected chi connectivity index (χ0v) is 10.6. The van der Waals surface area contributed by atoms with Gasteiger partial charge in [-0.05, 0) is 31.9 Å². The maximum Gasteiger partial charge on any atom is 0.151 e. The van der Waals surface area contributed by atoms with Gasteiger partial charge in [-0.25, -0.2) is 9.37 Å². The largest absolute Gasteiger partial charge is 0.329 e. The lowest BCUT2D eigenvalue weighted by Gasteiger charge is -2.40. The first-order valence-corrected chi connectivity index (χ1v) is 6.57. The second-order valence-electron chi connectivity index (χ2n) is 5.13. The van der Waals surface area contributed by atoms with E-state index in [4.69, 9.17) is 5.73 Å². The van der Waals surface area contributed by atoms with Gasteiger partial charge >= 0.3 is 0 Å². The molecule has 0 bridgehead atoms. The van der Waals surface area contributed by atoms with E-state index >= 15 is 0 Å². The second-order valence-corrected chi connectivity index (χ2v) is 5.13. The first-order valence-electron chi connectivity index (χ1n) is 6.57. The Balaban J connectivity index is 2.26. The number of halogens is 1. The molecule has 1 saturated carbocycles. The molecule has 3 nitrogen and oxygen atoms in total. The lowest BCUT2D eigenvalue weighted by molar-refractivity contribution is 0.231. The van der Waals surface area contributed by atoms with Crippen LogP contribution < -0.4 is 5.73 Å². The average molecular weight is 247 g/mol. The molecule has 18 heavy (non-hydrogen) atoms. The Labute approximate surface area is 106 Å². The highest BCUT2D eigenvalue weighted by molar-refractivity contribution is 5.77. The predicted molar refractivity (Wildman–Crippen MR) is 69.9 cm³/mol. The van der Waals surface area contributed by atoms with E-state index in [0.29, 0.717) is 12.1 Å². The summed E-state index contributed by atoms with van der Waals surface area (Å²) >= 11 is 0. The van der Waals surface area contributed by atoms with Crippen LogP contribution in [0.2, 0.25) is 0 Å². The third-order valence-corrected chi connectivity index (χ3v) is 4.22. The van der Waals surface area contributed by atoms with Gasteiger partial charge in [-0.1, -0.05) is 12.5 Å². The Hall–Kier alpha value is -1.42. The zero-order valence-electron chi connectivity index (χ0n) is 10.6. The van der Waals surface area contributed by atoms with Crippen LogP contribution in [-0.4, -0.2) is 16.1 Å². The quantitative estimate of drug-likeness (QED) is 0.906. The maximum absolute atomic E-state index is 13.8. The molecular formula is C14H18FN3. The lowest BCUT2D eigenvalue weighted by atomic mass is 9.68. The van der Waals surface area contributed by atoms with E-state index < -0.39 is 0 Å². The molecule has 1 aliphatic rings. The second kappa shape index (κ2) is 4.05. The summed E-state index contributed by atoms with van der Waals surface area (Å²) in [5, 5.41) is 0. The van der Waals surface area contributed by atoms with Crippen molar-refractivity contribution in [1.82, 2.24) is 9.55 Å². The molecule has 0 aliphatic heterocycles. The van der Waals surface area contributed by atoms with Crippen molar-refractivity contribution in [3.05, 3.63) is 29.8 Å². The van der Waals surface area contributed by atoms with Crippen molar-refractivity contribution < 1.29 is 4.39 Å². The Morgan fingerprint density at radius 3 is 2.78 bits per heavy atom. The summed E-state index contributed by atoms with van der Waals surface area (Å²) in [6.45, 7) is 3.47. The molecule has 0 saturated heterocycles. The van der Waals surface area contributed by atoms with Gasteiger partial charge < -0.3 is 10.3 Å². The van der Waals surface area contributed by atoms with Crippen molar-refractivity contribution in [3.63, 3.8) is 0 Å². The molecule has 0 spiro atoms. The average Bonchev–Trinajstić information content (AvgIpc) is 2.69. The summed E-state index contributed by atoms with van der Waals surface area (Å²) < 4.78 is 15.9. The Morgan fingerprint density at radius 1 is 1.44 bits per heavy atom. The first kappa shape index (κ1) is 11.7. The van der Waals surface area contributed by atoms with Crippen molar-refractivity contribution in [1.29, 1.82) is 0 Å². The van der Waals surface area contributed by atoms with Crippen molar-refractivity contribution in [2.75, 3.05) is 6.54 Å². The third-order valence-electron chi connectivity index (χ3n) is 4.22. The van der Waals surface area contributed by atoms with E-state index in [1.165, 1.54) is 12.5 Å². The summed E-state index contributed by atoms with van der Waals surface area (Å²) in [6.07, 6.45) is 3.31. The number of rotatable bonds is 3. The Bertz CT molecular complexity index is 578. The molecule has 3 rings (SSSR count). The molecule has 1 heterocycles. The van der Waals surface area contributed by atoms with Crippen LogP contribution in [0.1, 0.15) is 32.0 Å². The van der Waals surface area contributed by atoms with Crippen molar-refractivity contribution in [2.24, 2.45) is 5.73 Å². The molecule has 0 unspecified atom stereocenters. The predicted octanol–water partition coefficient (Wildman–Crippen LogP) is 2.58. The number of hydrogen-bond acceptors (Lipinski definition) is 2. The fraction of sp³-hybridized carbons (Fsp3) is 0.500. The van der Waals surface area contributed by atoms with Gasteiger partial charge in [-0.3, -0.25) is 0 Å². The van der Waals surface area contributed by atoms with Crippen LogP contribution in [0.15, 0.2) is 18.2 Å². The van der Waals surface area contributed by atoms with Crippen LogP contribution in [-0.2, 0) is 12.0 Å². The summed E-state index contributed by atoms with van der Waals surface area (Å²) in [4.78, 5) is 4.56. The highest BCUT2D eigenvalue weighted by Crippen LogP contribution is 2.43. The van der Waals surface area contributed by atoms with Crippen LogP contribution in [0.3, 0.4) is 0 Å². The normalized spacial score (nSPS) is 17.9. The van der Waals surface area contributed by atoms with E-state index in [0.717, 1.165) is 30.7 Å². The van der Waals surface area contributed by atoms with Crippen molar-refractivity contribution in [2.45, 2.75) is 38.1 Å². The fourth-order valence-corrected chi connectivity index (χ4v) is 2.96. The molecule has 1 fully saturated rings. The SMILES string of the molecule is CCn1c(C2(CN)CCC2)nc2c(F)cccc21. The summed E-state index contributed by atoms with van der Waals surface area (Å²) in [7, 11) is 0. The smallest absolute Gasteiger partial charge is 0.151 e. The van der Waals surface area contributed by atoms with E-state index in [9.17, 15) is 4.39 Å². The van der Waals surface area contributed by atoms with E-state index in [2.05, 4.69) is 16.5 Å². The zero-order chi connectivity index (χ0) is 12.8. The molecule has 0 radical (unpaired) electrons. The van der Waals surface area contributed by atoms with Gasteiger partial charge in [0.2, 0.25) is 0 Å². The first-order chi connectivity index (χ1) is 8.72. The molecule has 1 aromatic heterocycles. The van der Waals surface area contributed by atoms with Gasteiger partial charge in [0.15, 0.2) is 5.82 Å². The highest BCUT2D eigenvalue weighted by Gasteiger charge is 2.41. The van der Waals surface area contributed by atoms with Crippen molar-refractivity contribution >= 4 is 11.0 Å². The van der Waals surface area contributed by atoms with Gasteiger partial charge in [-0.15, -0.1) is 0 Å². The monoisotopic (exact) mass is 247 g/mol. The molecule has 4 heteroatoms. The number of hydrogen-bond donors (Lipinski definition) is 1. The number of nitrogens with two attached hydrogens (primary N) is 1. The van der Waals surface area contributed by atoms with E-state index in [1.54, 1.807) is 6.07 Å². The molecular weight excluding hydrogens is 229 g/mol. The van der Waals surface area contributed by atoms with Crippen LogP contribution in [0.25, 0.3) is 11.0 Å². The van der Waals surface area contributed by atoms with E-state index in [1.807, 2.05) is 6.07 Å². The summed E-state index contributed by atoms with van der Waals surface area (Å²) in [5.74, 6) is 0.728. The number of fused-ring (bicyclic) bond motifs is 1.